The smallest absolute Gasteiger partial charge is 0.362 e. The summed E-state index contributed by atoms with van der Waals surface area (Å²) in [5, 5.41) is 22.1. The number of nitrogens with zero attached hydrogens (tertiary/aromatic N) is 8. The molecule has 22 heteroatoms. The summed E-state index contributed by atoms with van der Waals surface area (Å²) >= 11 is 0.961. The van der Waals surface area contributed by atoms with Gasteiger partial charge < -0.3 is 31.5 Å². The molecule has 2 aliphatic rings. The molecule has 0 saturated carbocycles. The second-order valence-corrected chi connectivity index (χ2v) is 12.8. The van der Waals surface area contributed by atoms with E-state index < -0.39 is 64.8 Å². The number of oxime groups is 1. The summed E-state index contributed by atoms with van der Waals surface area (Å²) in [7, 11) is -4.95. The predicted molar refractivity (Wildman–Crippen MR) is 167 cm³/mol. The molecule has 7 N–H and O–H groups in total. The number of ketones is 1. The third-order valence-corrected chi connectivity index (χ3v) is 9.02. The van der Waals surface area contributed by atoms with Crippen molar-refractivity contribution in [1.29, 1.82) is 0 Å². The Hall–Kier alpha value is -5.06. The van der Waals surface area contributed by atoms with E-state index in [1.54, 1.807) is 6.07 Å². The highest BCUT2D eigenvalue weighted by molar-refractivity contribution is 7.84. The van der Waals surface area contributed by atoms with Gasteiger partial charge in [-0.15, -0.1) is 11.3 Å². The Bertz CT molecular complexity index is 1790. The van der Waals surface area contributed by atoms with Crippen LogP contribution in [-0.2, 0) is 36.1 Å². The number of hydrogen-bond donors (Lipinski definition) is 5. The number of aromatic nitrogens is 5. The molecule has 3 atom stereocenters. The van der Waals surface area contributed by atoms with E-state index in [0.717, 1.165) is 37.3 Å². The third kappa shape index (κ3) is 8.26. The van der Waals surface area contributed by atoms with Gasteiger partial charge in [-0.3, -0.25) is 23.8 Å². The minimum Gasteiger partial charge on any atom is -0.487 e. The maximum absolute atomic E-state index is 13.5. The molecule has 2 aliphatic heterocycles. The number of aliphatic imine (C=N–C) groups is 1. The van der Waals surface area contributed by atoms with Crippen molar-refractivity contribution < 1.29 is 42.0 Å². The third-order valence-electron chi connectivity index (χ3n) is 7.40. The van der Waals surface area contributed by atoms with Crippen LogP contribution in [-0.4, -0.2) is 114 Å². The van der Waals surface area contributed by atoms with E-state index >= 15 is 0 Å². The fourth-order valence-electron chi connectivity index (χ4n) is 4.99. The number of carbonyl (C=O) groups is 3. The Labute approximate surface area is 276 Å². The molecule has 5 rings (SSSR count). The molecule has 5 heterocycles. The van der Waals surface area contributed by atoms with Crippen LogP contribution in [0.15, 0.2) is 46.5 Å². The van der Waals surface area contributed by atoms with E-state index in [1.165, 1.54) is 35.0 Å². The number of pyridine rings is 1. The average molecular weight is 706 g/mol. The van der Waals surface area contributed by atoms with Crippen LogP contribution in [0, 0.1) is 5.92 Å². The molecule has 0 aliphatic carbocycles. The van der Waals surface area contributed by atoms with Crippen LogP contribution in [0.2, 0.25) is 0 Å². The first-order valence-corrected chi connectivity index (χ1v) is 16.7. The van der Waals surface area contributed by atoms with Gasteiger partial charge in [0.15, 0.2) is 16.6 Å². The zero-order valence-corrected chi connectivity index (χ0v) is 26.7. The highest BCUT2D eigenvalue weighted by Gasteiger charge is 2.54. The Kier molecular flexibility index (Phi) is 10.6. The largest absolute Gasteiger partial charge is 0.487 e. The first kappa shape index (κ1) is 34.3. The Morgan fingerprint density at radius 1 is 1.23 bits per heavy atom. The number of rotatable bonds is 15. The number of β-lactam (4-membered cyclic amide) rings is 1. The van der Waals surface area contributed by atoms with Crippen molar-refractivity contribution in [2.24, 2.45) is 21.8 Å². The lowest BCUT2D eigenvalue weighted by molar-refractivity contribution is -0.152. The quantitative estimate of drug-likeness (QED) is 0.0404. The Morgan fingerprint density at radius 2 is 2.00 bits per heavy atom. The van der Waals surface area contributed by atoms with Gasteiger partial charge >= 0.3 is 16.3 Å². The van der Waals surface area contributed by atoms with Gasteiger partial charge in [0.05, 0.1) is 30.7 Å². The summed E-state index contributed by atoms with van der Waals surface area (Å²) in [4.78, 5) is 59.9. The van der Waals surface area contributed by atoms with E-state index in [0.29, 0.717) is 5.69 Å². The van der Waals surface area contributed by atoms with E-state index in [9.17, 15) is 32.5 Å². The summed E-state index contributed by atoms with van der Waals surface area (Å²) in [6.07, 6.45) is 3.21. The van der Waals surface area contributed by atoms with Crippen LogP contribution in [0.3, 0.4) is 0 Å². The zero-order chi connectivity index (χ0) is 34.4. The normalized spacial score (nSPS) is 19.9. The van der Waals surface area contributed by atoms with Crippen LogP contribution in [0.1, 0.15) is 30.7 Å². The molecule has 3 aromatic rings. The summed E-state index contributed by atoms with van der Waals surface area (Å²) in [5.74, 6) is -4.11. The minimum absolute atomic E-state index is 0.0577. The molecule has 0 bridgehead atoms. The molecule has 0 aromatic carbocycles. The summed E-state index contributed by atoms with van der Waals surface area (Å²) in [6, 6.07) is 2.02. The molecular formula is C26H31N11O9S2. The molecule has 256 valence electrons. The first-order valence-electron chi connectivity index (χ1n) is 14.4. The number of nitrogen functional groups attached to an aromatic ring is 1. The number of nitrogens with two attached hydrogens (primary N) is 2. The number of hydrogen-bond acceptors (Lipinski definition) is 16. The molecule has 2 saturated heterocycles. The SMILES string of the molecule is NC(=NC1CCNCC1)c1ccc(OC[C@H](O/N=C(\C(=O)C[C@@H]2C(=O)N(S(=O)(=O)O)[C@@H]2Cn2cncn2)c2csc(N)n2)C(=O)O)cn1. The van der Waals surface area contributed by atoms with Crippen molar-refractivity contribution in [1.82, 2.24) is 34.4 Å². The molecular weight excluding hydrogens is 674 g/mol. The summed E-state index contributed by atoms with van der Waals surface area (Å²) in [6.45, 7) is 0.951. The van der Waals surface area contributed by atoms with Gasteiger partial charge in [-0.1, -0.05) is 5.16 Å². The van der Waals surface area contributed by atoms with Crippen molar-refractivity contribution in [2.75, 3.05) is 25.4 Å². The maximum Gasteiger partial charge on any atom is 0.362 e. The fraction of sp³-hybridized carbons (Fsp3) is 0.423. The number of nitrogens with one attached hydrogen (secondary N) is 1. The number of thiazole rings is 1. The summed E-state index contributed by atoms with van der Waals surface area (Å²) in [5.41, 5.74) is 11.7. The average Bonchev–Trinajstić information content (AvgIpc) is 3.73. The zero-order valence-electron chi connectivity index (χ0n) is 25.0. The lowest BCUT2D eigenvalue weighted by Gasteiger charge is -2.43. The fourth-order valence-corrected chi connectivity index (χ4v) is 6.45. The lowest BCUT2D eigenvalue weighted by atomic mass is 9.84. The Balaban J connectivity index is 1.27. The van der Waals surface area contributed by atoms with Crippen molar-refractivity contribution in [3.63, 3.8) is 0 Å². The van der Waals surface area contributed by atoms with E-state index in [4.69, 9.17) is 21.0 Å². The first-order chi connectivity index (χ1) is 22.9. The predicted octanol–water partition coefficient (Wildman–Crippen LogP) is -1.29. The molecule has 0 spiro atoms. The Morgan fingerprint density at radius 3 is 2.60 bits per heavy atom. The van der Waals surface area contributed by atoms with Gasteiger partial charge in [0.1, 0.15) is 42.2 Å². The number of aliphatic carboxylic acids is 1. The van der Waals surface area contributed by atoms with Gasteiger partial charge in [-0.2, -0.15) is 13.5 Å². The van der Waals surface area contributed by atoms with Crippen LogP contribution < -0.4 is 21.5 Å². The monoisotopic (exact) mass is 705 g/mol. The molecule has 48 heavy (non-hydrogen) atoms. The lowest BCUT2D eigenvalue weighted by Crippen LogP contribution is -2.64. The van der Waals surface area contributed by atoms with E-state index in [1.807, 2.05) is 0 Å². The van der Waals surface area contributed by atoms with Gasteiger partial charge in [0.25, 0.3) is 6.10 Å². The van der Waals surface area contributed by atoms with Crippen LogP contribution in [0.25, 0.3) is 0 Å². The number of ether oxygens (including phenoxy) is 1. The van der Waals surface area contributed by atoms with Crippen LogP contribution in [0.5, 0.6) is 5.75 Å². The molecule has 2 fully saturated rings. The summed E-state index contributed by atoms with van der Waals surface area (Å²) < 4.78 is 40.3. The molecule has 0 unspecified atom stereocenters. The second-order valence-electron chi connectivity index (χ2n) is 10.7. The van der Waals surface area contributed by atoms with Gasteiger partial charge in [0.2, 0.25) is 5.91 Å². The molecule has 0 radical (unpaired) electrons. The van der Waals surface area contributed by atoms with Crippen LogP contribution in [0.4, 0.5) is 5.13 Å². The number of piperidine rings is 1. The molecule has 20 nitrogen and oxygen atoms in total. The van der Waals surface area contributed by atoms with E-state index in [-0.39, 0.29) is 39.3 Å². The maximum atomic E-state index is 13.5. The van der Waals surface area contributed by atoms with Gasteiger partial charge in [0, 0.05) is 11.8 Å². The van der Waals surface area contributed by atoms with Crippen LogP contribution >= 0.6 is 11.3 Å². The van der Waals surface area contributed by atoms with Gasteiger partial charge in [-0.05, 0) is 38.1 Å². The topological polar surface area (TPSA) is 293 Å². The number of amidine groups is 1. The van der Waals surface area contributed by atoms with E-state index in [2.05, 4.69) is 35.5 Å². The number of Topliss-reactive ketones (excluding diaryl/α,β-unsaturated/α-hetero) is 1. The van der Waals surface area contributed by atoms with Crippen molar-refractivity contribution in [3.8, 4) is 5.75 Å². The van der Waals surface area contributed by atoms with Crippen molar-refractivity contribution in [2.45, 2.75) is 44.0 Å². The van der Waals surface area contributed by atoms with Crippen molar-refractivity contribution in [3.05, 3.63) is 47.8 Å². The number of amides is 1. The van der Waals surface area contributed by atoms with Gasteiger partial charge in [-0.25, -0.2) is 24.1 Å². The number of anilines is 1. The molecule has 3 aromatic heterocycles. The standard InChI is InChI=1S/C26H31N11O9S2/c27-23(33-14-3-5-29-6-4-14)17-2-1-15(8-31-17)45-10-21(25(40)41)46-35-22(18-11-47-26(28)34-18)20(38)7-16-19(9-36-13-30-12-32-36)37(24(16)39)48(42,43)44/h1-2,8,11-14,16,19,21,29H,3-7,9-10H2,(H2,27,33)(H2,28,34)(H,40,41)(H,42,43,44)/b35-22-/t16-,19+,21-/m0/s1. The van der Waals surface area contributed by atoms with Crippen molar-refractivity contribution >= 4 is 56.0 Å². The second kappa shape index (κ2) is 14.8. The number of carboxylic acids is 1. The minimum atomic E-state index is -4.95. The number of carboxylic acid groups (broad SMARTS) is 1. The molecule has 1 amide bonds. The number of carbonyl (C=O) groups excluding carboxylic acids is 2. The highest BCUT2D eigenvalue weighted by atomic mass is 32.2. The highest BCUT2D eigenvalue weighted by Crippen LogP contribution is 2.33.